The van der Waals surface area contributed by atoms with Crippen LogP contribution in [0.2, 0.25) is 0 Å². The molecule has 0 N–H and O–H groups in total. The first kappa shape index (κ1) is 15.3. The standard InChI is InChI=1S/C16H27NO3/c1-16(2,3)20-15(19)9-8-14(18)17(10-12-4-5-12)11-13-6-7-13/h12-13H,4-11H2,1-3H3. The number of carbonyl (C=O) groups is 2. The predicted molar refractivity (Wildman–Crippen MR) is 77.1 cm³/mol. The Kier molecular flexibility index (Phi) is 4.71. The van der Waals surface area contributed by atoms with Crippen molar-refractivity contribution in [3.8, 4) is 0 Å². The molecule has 0 unspecified atom stereocenters. The van der Waals surface area contributed by atoms with E-state index >= 15 is 0 Å². The molecule has 0 atom stereocenters. The minimum absolute atomic E-state index is 0.120. The SMILES string of the molecule is CC(C)(C)OC(=O)CCC(=O)N(CC1CC1)CC1CC1. The summed E-state index contributed by atoms with van der Waals surface area (Å²) in [5.74, 6) is 1.26. The van der Waals surface area contributed by atoms with Crippen molar-refractivity contribution in [3.63, 3.8) is 0 Å². The number of amides is 1. The molecule has 0 aromatic carbocycles. The highest BCUT2D eigenvalue weighted by Crippen LogP contribution is 2.34. The fourth-order valence-corrected chi connectivity index (χ4v) is 2.26. The van der Waals surface area contributed by atoms with Crippen LogP contribution in [-0.4, -0.2) is 35.5 Å². The van der Waals surface area contributed by atoms with Gasteiger partial charge in [0.15, 0.2) is 0 Å². The van der Waals surface area contributed by atoms with Crippen LogP contribution in [0.5, 0.6) is 0 Å². The zero-order chi connectivity index (χ0) is 14.8. The summed E-state index contributed by atoms with van der Waals surface area (Å²) >= 11 is 0. The lowest BCUT2D eigenvalue weighted by Gasteiger charge is -2.23. The monoisotopic (exact) mass is 281 g/mol. The lowest BCUT2D eigenvalue weighted by Crippen LogP contribution is -2.35. The molecule has 20 heavy (non-hydrogen) atoms. The topological polar surface area (TPSA) is 46.6 Å². The molecule has 0 bridgehead atoms. The molecule has 2 aliphatic carbocycles. The van der Waals surface area contributed by atoms with Gasteiger partial charge in [0.25, 0.3) is 0 Å². The molecule has 0 aromatic rings. The Labute approximate surface area is 121 Å². The normalized spacial score (nSPS) is 18.8. The molecule has 2 fully saturated rings. The molecule has 0 saturated heterocycles. The summed E-state index contributed by atoms with van der Waals surface area (Å²) in [5.41, 5.74) is -0.470. The minimum Gasteiger partial charge on any atom is -0.460 e. The summed E-state index contributed by atoms with van der Waals surface area (Å²) in [7, 11) is 0. The number of rotatable bonds is 7. The van der Waals surface area contributed by atoms with Gasteiger partial charge in [-0.3, -0.25) is 9.59 Å². The first-order valence-electron chi connectivity index (χ1n) is 7.83. The summed E-state index contributed by atoms with van der Waals surface area (Å²) in [6.45, 7) is 7.32. The lowest BCUT2D eigenvalue weighted by atomic mass is 10.2. The van der Waals surface area contributed by atoms with Crippen molar-refractivity contribution < 1.29 is 14.3 Å². The molecular weight excluding hydrogens is 254 g/mol. The second-order valence-corrected chi connectivity index (χ2v) is 7.27. The number of ether oxygens (including phenoxy) is 1. The summed E-state index contributed by atoms with van der Waals surface area (Å²) in [6.07, 6.45) is 5.48. The maximum absolute atomic E-state index is 12.3. The maximum atomic E-state index is 12.3. The molecule has 0 spiro atoms. The summed E-state index contributed by atoms with van der Waals surface area (Å²) < 4.78 is 5.25. The van der Waals surface area contributed by atoms with Crippen LogP contribution in [0.1, 0.15) is 59.3 Å². The van der Waals surface area contributed by atoms with Gasteiger partial charge in [-0.25, -0.2) is 0 Å². The van der Waals surface area contributed by atoms with Crippen LogP contribution >= 0.6 is 0 Å². The van der Waals surface area contributed by atoms with Gasteiger partial charge in [0, 0.05) is 19.5 Å². The van der Waals surface area contributed by atoms with Gasteiger partial charge in [0.05, 0.1) is 6.42 Å². The van der Waals surface area contributed by atoms with E-state index in [1.54, 1.807) is 0 Å². The molecule has 0 heterocycles. The van der Waals surface area contributed by atoms with E-state index in [9.17, 15) is 9.59 Å². The zero-order valence-electron chi connectivity index (χ0n) is 13.0. The first-order valence-corrected chi connectivity index (χ1v) is 7.83. The van der Waals surface area contributed by atoms with Gasteiger partial charge in [-0.1, -0.05) is 0 Å². The molecule has 4 nitrogen and oxygen atoms in total. The Morgan fingerprint density at radius 1 is 1.00 bits per heavy atom. The molecule has 0 aromatic heterocycles. The highest BCUT2D eigenvalue weighted by molar-refractivity contribution is 5.81. The second kappa shape index (κ2) is 6.15. The highest BCUT2D eigenvalue weighted by atomic mass is 16.6. The fourth-order valence-electron chi connectivity index (χ4n) is 2.26. The van der Waals surface area contributed by atoms with Gasteiger partial charge in [0.2, 0.25) is 5.91 Å². The van der Waals surface area contributed by atoms with E-state index in [4.69, 9.17) is 4.74 Å². The average Bonchev–Trinajstić information content (AvgIpc) is 3.16. The molecule has 1 amide bonds. The minimum atomic E-state index is -0.470. The maximum Gasteiger partial charge on any atom is 0.306 e. The number of hydrogen-bond donors (Lipinski definition) is 0. The van der Waals surface area contributed by atoms with Crippen molar-refractivity contribution in [2.24, 2.45) is 11.8 Å². The summed E-state index contributed by atoms with van der Waals surface area (Å²) in [4.78, 5) is 25.9. The van der Waals surface area contributed by atoms with Crippen LogP contribution in [0.25, 0.3) is 0 Å². The Hall–Kier alpha value is -1.06. The predicted octanol–water partition coefficient (Wildman–Crippen LogP) is 2.76. The van der Waals surface area contributed by atoms with Crippen LogP contribution in [0, 0.1) is 11.8 Å². The van der Waals surface area contributed by atoms with Crippen LogP contribution in [0.15, 0.2) is 0 Å². The quantitative estimate of drug-likeness (QED) is 0.674. The van der Waals surface area contributed by atoms with Gasteiger partial charge in [-0.15, -0.1) is 0 Å². The fraction of sp³-hybridized carbons (Fsp3) is 0.875. The third-order valence-corrected chi connectivity index (χ3v) is 3.67. The average molecular weight is 281 g/mol. The van der Waals surface area contributed by atoms with E-state index in [1.165, 1.54) is 25.7 Å². The molecule has 2 saturated carbocycles. The van der Waals surface area contributed by atoms with E-state index in [-0.39, 0.29) is 24.7 Å². The third-order valence-electron chi connectivity index (χ3n) is 3.67. The van der Waals surface area contributed by atoms with Crippen molar-refractivity contribution >= 4 is 11.9 Å². The Balaban J connectivity index is 1.73. The van der Waals surface area contributed by atoms with Crippen LogP contribution < -0.4 is 0 Å². The van der Waals surface area contributed by atoms with E-state index in [0.29, 0.717) is 11.8 Å². The zero-order valence-corrected chi connectivity index (χ0v) is 13.0. The first-order chi connectivity index (χ1) is 9.33. The van der Waals surface area contributed by atoms with E-state index < -0.39 is 5.60 Å². The van der Waals surface area contributed by atoms with Gasteiger partial charge >= 0.3 is 5.97 Å². The van der Waals surface area contributed by atoms with Gasteiger partial charge < -0.3 is 9.64 Å². The third kappa shape index (κ3) is 5.93. The molecule has 2 aliphatic rings. The Bertz CT molecular complexity index is 350. The molecule has 114 valence electrons. The largest absolute Gasteiger partial charge is 0.460 e. The molecule has 2 rings (SSSR count). The number of carbonyl (C=O) groups excluding carboxylic acids is 2. The van der Waals surface area contributed by atoms with Crippen molar-refractivity contribution in [1.82, 2.24) is 4.90 Å². The Morgan fingerprint density at radius 3 is 1.90 bits per heavy atom. The summed E-state index contributed by atoms with van der Waals surface area (Å²) in [5, 5.41) is 0. The van der Waals surface area contributed by atoms with Crippen LogP contribution in [0.4, 0.5) is 0 Å². The molecule has 4 heteroatoms. The summed E-state index contributed by atoms with van der Waals surface area (Å²) in [6, 6.07) is 0. The Morgan fingerprint density at radius 2 is 1.50 bits per heavy atom. The number of hydrogen-bond acceptors (Lipinski definition) is 3. The van der Waals surface area contributed by atoms with Crippen LogP contribution in [0.3, 0.4) is 0 Å². The molecule has 0 radical (unpaired) electrons. The van der Waals surface area contributed by atoms with Crippen LogP contribution in [-0.2, 0) is 14.3 Å². The second-order valence-electron chi connectivity index (χ2n) is 7.27. The van der Waals surface area contributed by atoms with Gasteiger partial charge in [-0.2, -0.15) is 0 Å². The van der Waals surface area contributed by atoms with Crippen molar-refractivity contribution in [2.45, 2.75) is 64.9 Å². The van der Waals surface area contributed by atoms with Gasteiger partial charge in [-0.05, 0) is 58.3 Å². The van der Waals surface area contributed by atoms with E-state index in [2.05, 4.69) is 0 Å². The molecule has 0 aliphatic heterocycles. The number of nitrogens with zero attached hydrogens (tertiary/aromatic N) is 1. The smallest absolute Gasteiger partial charge is 0.306 e. The lowest BCUT2D eigenvalue weighted by molar-refractivity contribution is -0.156. The van der Waals surface area contributed by atoms with E-state index in [1.807, 2.05) is 25.7 Å². The van der Waals surface area contributed by atoms with Crippen molar-refractivity contribution in [2.75, 3.05) is 13.1 Å². The van der Waals surface area contributed by atoms with Gasteiger partial charge in [0.1, 0.15) is 5.60 Å². The van der Waals surface area contributed by atoms with E-state index in [0.717, 1.165) is 13.1 Å². The highest BCUT2D eigenvalue weighted by Gasteiger charge is 2.31. The molecular formula is C16H27NO3. The van der Waals surface area contributed by atoms with Crippen molar-refractivity contribution in [3.05, 3.63) is 0 Å². The van der Waals surface area contributed by atoms with Crippen molar-refractivity contribution in [1.29, 1.82) is 0 Å². The number of esters is 1.